The van der Waals surface area contributed by atoms with Gasteiger partial charge in [-0.05, 0) is 29.7 Å². The van der Waals surface area contributed by atoms with Gasteiger partial charge in [-0.1, -0.05) is 36.4 Å². The SMILES string of the molecule is Cn1cc(-c2ccc3nc(C(N)CCOCc4ccccc4)[nH]c(=O)c3c2)cn1. The fourth-order valence-electron chi connectivity index (χ4n) is 3.19. The Balaban J connectivity index is 1.45. The molecule has 0 aliphatic carbocycles. The monoisotopic (exact) mass is 389 g/mol. The molecule has 0 aliphatic rings. The third-order valence-corrected chi connectivity index (χ3v) is 4.80. The van der Waals surface area contributed by atoms with Crippen molar-refractivity contribution in [2.75, 3.05) is 6.61 Å². The van der Waals surface area contributed by atoms with E-state index >= 15 is 0 Å². The number of aryl methyl sites for hydroxylation is 1. The third-order valence-electron chi connectivity index (χ3n) is 4.80. The summed E-state index contributed by atoms with van der Waals surface area (Å²) in [5, 5.41) is 4.70. The molecule has 4 rings (SSSR count). The van der Waals surface area contributed by atoms with Gasteiger partial charge in [0.15, 0.2) is 0 Å². The molecule has 0 fully saturated rings. The van der Waals surface area contributed by atoms with Crippen LogP contribution in [0.4, 0.5) is 0 Å². The molecule has 7 nitrogen and oxygen atoms in total. The van der Waals surface area contributed by atoms with Crippen LogP contribution in [0.1, 0.15) is 23.9 Å². The van der Waals surface area contributed by atoms with E-state index in [1.807, 2.05) is 61.8 Å². The van der Waals surface area contributed by atoms with Crippen molar-refractivity contribution < 1.29 is 4.74 Å². The second-order valence-electron chi connectivity index (χ2n) is 7.02. The van der Waals surface area contributed by atoms with E-state index in [1.165, 1.54) is 0 Å². The van der Waals surface area contributed by atoms with Crippen molar-refractivity contribution in [3.8, 4) is 11.1 Å². The van der Waals surface area contributed by atoms with Gasteiger partial charge in [-0.15, -0.1) is 0 Å². The van der Waals surface area contributed by atoms with Crippen LogP contribution >= 0.6 is 0 Å². The van der Waals surface area contributed by atoms with Gasteiger partial charge >= 0.3 is 0 Å². The Morgan fingerprint density at radius 3 is 2.76 bits per heavy atom. The Morgan fingerprint density at radius 1 is 1.17 bits per heavy atom. The predicted octanol–water partition coefficient (Wildman–Crippen LogP) is 2.93. The summed E-state index contributed by atoms with van der Waals surface area (Å²) in [6.45, 7) is 1.02. The average Bonchev–Trinajstić information content (AvgIpc) is 3.18. The van der Waals surface area contributed by atoms with Crippen LogP contribution in [-0.2, 0) is 18.4 Å². The first-order valence-corrected chi connectivity index (χ1v) is 9.50. The third kappa shape index (κ3) is 4.42. The minimum atomic E-state index is -0.402. The molecule has 1 unspecified atom stereocenters. The first-order chi connectivity index (χ1) is 14.1. The van der Waals surface area contributed by atoms with Gasteiger partial charge in [0, 0.05) is 25.4 Å². The molecule has 2 heterocycles. The van der Waals surface area contributed by atoms with Crippen molar-refractivity contribution in [3.63, 3.8) is 0 Å². The largest absolute Gasteiger partial charge is 0.377 e. The summed E-state index contributed by atoms with van der Waals surface area (Å²) in [5.74, 6) is 0.472. The number of fused-ring (bicyclic) bond motifs is 1. The van der Waals surface area contributed by atoms with Crippen LogP contribution in [0.15, 0.2) is 65.7 Å². The zero-order valence-electron chi connectivity index (χ0n) is 16.2. The summed E-state index contributed by atoms with van der Waals surface area (Å²) in [7, 11) is 1.86. The predicted molar refractivity (Wildman–Crippen MR) is 112 cm³/mol. The number of nitrogens with two attached hydrogens (primary N) is 1. The van der Waals surface area contributed by atoms with Crippen LogP contribution in [-0.4, -0.2) is 26.4 Å². The molecule has 0 amide bonds. The van der Waals surface area contributed by atoms with E-state index in [4.69, 9.17) is 10.5 Å². The van der Waals surface area contributed by atoms with E-state index < -0.39 is 6.04 Å². The van der Waals surface area contributed by atoms with E-state index in [-0.39, 0.29) is 5.56 Å². The van der Waals surface area contributed by atoms with Crippen LogP contribution in [0.2, 0.25) is 0 Å². The van der Waals surface area contributed by atoms with Gasteiger partial charge < -0.3 is 15.5 Å². The Labute approximate surface area is 168 Å². The fraction of sp³-hybridized carbons (Fsp3) is 0.227. The fourth-order valence-corrected chi connectivity index (χ4v) is 3.19. The van der Waals surface area contributed by atoms with Crippen LogP contribution in [0.3, 0.4) is 0 Å². The number of benzene rings is 2. The maximum absolute atomic E-state index is 12.6. The zero-order chi connectivity index (χ0) is 20.2. The Bertz CT molecular complexity index is 1170. The highest BCUT2D eigenvalue weighted by molar-refractivity contribution is 5.83. The number of nitrogens with zero attached hydrogens (tertiary/aromatic N) is 3. The summed E-state index contributed by atoms with van der Waals surface area (Å²) in [5.41, 5.74) is 9.64. The molecule has 0 aliphatic heterocycles. The van der Waals surface area contributed by atoms with Gasteiger partial charge in [-0.25, -0.2) is 4.98 Å². The first kappa shape index (κ1) is 19.0. The molecule has 2 aromatic carbocycles. The number of hydrogen-bond donors (Lipinski definition) is 2. The molecule has 148 valence electrons. The first-order valence-electron chi connectivity index (χ1n) is 9.50. The summed E-state index contributed by atoms with van der Waals surface area (Å²) in [6.07, 6.45) is 4.24. The molecule has 2 aromatic heterocycles. The molecule has 0 saturated heterocycles. The molecule has 0 bridgehead atoms. The van der Waals surface area contributed by atoms with Gasteiger partial charge in [0.1, 0.15) is 5.82 Å². The Hall–Kier alpha value is -3.29. The van der Waals surface area contributed by atoms with Crippen LogP contribution in [0.5, 0.6) is 0 Å². The highest BCUT2D eigenvalue weighted by Gasteiger charge is 2.12. The Morgan fingerprint density at radius 2 is 2.00 bits per heavy atom. The number of nitrogens with one attached hydrogen (secondary N) is 1. The number of aromatic amines is 1. The maximum atomic E-state index is 12.6. The quantitative estimate of drug-likeness (QED) is 0.474. The molecule has 0 saturated carbocycles. The molecule has 0 radical (unpaired) electrons. The normalized spacial score (nSPS) is 12.3. The minimum absolute atomic E-state index is 0.198. The number of aromatic nitrogens is 4. The lowest BCUT2D eigenvalue weighted by atomic mass is 10.1. The lowest BCUT2D eigenvalue weighted by Gasteiger charge is -2.12. The van der Waals surface area contributed by atoms with E-state index in [1.54, 1.807) is 10.9 Å². The Kier molecular flexibility index (Phi) is 5.50. The molecular weight excluding hydrogens is 366 g/mol. The van der Waals surface area contributed by atoms with Gasteiger partial charge in [-0.3, -0.25) is 9.48 Å². The maximum Gasteiger partial charge on any atom is 0.258 e. The summed E-state index contributed by atoms with van der Waals surface area (Å²) < 4.78 is 7.41. The van der Waals surface area contributed by atoms with Crippen molar-refractivity contribution in [2.24, 2.45) is 12.8 Å². The minimum Gasteiger partial charge on any atom is -0.377 e. The van der Waals surface area contributed by atoms with Gasteiger partial charge in [0.25, 0.3) is 5.56 Å². The lowest BCUT2D eigenvalue weighted by molar-refractivity contribution is 0.113. The van der Waals surface area contributed by atoms with Crippen molar-refractivity contribution in [3.05, 3.63) is 82.7 Å². The highest BCUT2D eigenvalue weighted by Crippen LogP contribution is 2.22. The molecular formula is C22H23N5O2. The summed E-state index contributed by atoms with van der Waals surface area (Å²) >= 11 is 0. The van der Waals surface area contributed by atoms with Crippen LogP contribution < -0.4 is 11.3 Å². The van der Waals surface area contributed by atoms with Gasteiger partial charge in [0.05, 0.1) is 29.7 Å². The number of ether oxygens (including phenoxy) is 1. The second-order valence-corrected chi connectivity index (χ2v) is 7.02. The van der Waals surface area contributed by atoms with Crippen molar-refractivity contribution >= 4 is 10.9 Å². The second kappa shape index (κ2) is 8.38. The summed E-state index contributed by atoms with van der Waals surface area (Å²) in [6, 6.07) is 15.2. The van der Waals surface area contributed by atoms with E-state index in [2.05, 4.69) is 15.1 Å². The lowest BCUT2D eigenvalue weighted by Crippen LogP contribution is -2.21. The van der Waals surface area contributed by atoms with E-state index in [0.717, 1.165) is 16.7 Å². The molecule has 29 heavy (non-hydrogen) atoms. The van der Waals surface area contributed by atoms with Crippen LogP contribution in [0, 0.1) is 0 Å². The molecule has 1 atom stereocenters. The van der Waals surface area contributed by atoms with E-state index in [9.17, 15) is 4.79 Å². The smallest absolute Gasteiger partial charge is 0.258 e. The standard InChI is InChI=1S/C22H23N5O2/c1-27-13-17(12-24-27)16-7-8-20-18(11-16)22(28)26-21(25-20)19(23)9-10-29-14-15-5-3-2-4-6-15/h2-8,11-13,19H,9-10,14,23H2,1H3,(H,25,26,28). The molecule has 7 heteroatoms. The van der Waals surface area contributed by atoms with Crippen molar-refractivity contribution in [2.45, 2.75) is 19.1 Å². The summed E-state index contributed by atoms with van der Waals surface area (Å²) in [4.78, 5) is 20.0. The van der Waals surface area contributed by atoms with Crippen molar-refractivity contribution in [1.29, 1.82) is 0 Å². The highest BCUT2D eigenvalue weighted by atomic mass is 16.5. The number of rotatable bonds is 7. The number of hydrogen-bond acceptors (Lipinski definition) is 5. The average molecular weight is 389 g/mol. The molecule has 3 N–H and O–H groups in total. The number of H-pyrrole nitrogens is 1. The van der Waals surface area contributed by atoms with Crippen LogP contribution in [0.25, 0.3) is 22.0 Å². The molecule has 4 aromatic rings. The van der Waals surface area contributed by atoms with Gasteiger partial charge in [-0.2, -0.15) is 5.10 Å². The molecule has 0 spiro atoms. The van der Waals surface area contributed by atoms with Gasteiger partial charge in [0.2, 0.25) is 0 Å². The zero-order valence-corrected chi connectivity index (χ0v) is 16.2. The van der Waals surface area contributed by atoms with Crippen molar-refractivity contribution in [1.82, 2.24) is 19.7 Å². The van der Waals surface area contributed by atoms with E-state index in [0.29, 0.717) is 36.4 Å². The topological polar surface area (TPSA) is 98.8 Å².